The molecule has 1 aliphatic rings. The van der Waals surface area contributed by atoms with Crippen molar-refractivity contribution in [1.82, 2.24) is 4.98 Å². The Bertz CT molecular complexity index is 303. The second-order valence-electron chi connectivity index (χ2n) is 3.52. The van der Waals surface area contributed by atoms with Gasteiger partial charge in [0.15, 0.2) is 11.7 Å². The van der Waals surface area contributed by atoms with Crippen LogP contribution in [0.1, 0.15) is 49.1 Å². The third-order valence-electron chi connectivity index (χ3n) is 2.24. The quantitative estimate of drug-likeness (QED) is 0.733. The first-order valence-corrected chi connectivity index (χ1v) is 4.60. The molecule has 1 aromatic rings. The van der Waals surface area contributed by atoms with Crippen LogP contribution in [0.4, 0.5) is 0 Å². The molecule has 4 heteroatoms. The molecule has 1 fully saturated rings. The Morgan fingerprint density at radius 2 is 2.38 bits per heavy atom. The van der Waals surface area contributed by atoms with Crippen LogP contribution < -0.4 is 5.73 Å². The highest BCUT2D eigenvalue weighted by molar-refractivity contribution is 5.15. The number of oxazole rings is 1. The summed E-state index contributed by atoms with van der Waals surface area (Å²) in [4.78, 5) is 4.26. The van der Waals surface area contributed by atoms with E-state index in [2.05, 4.69) is 4.98 Å². The molecule has 1 atom stereocenters. The summed E-state index contributed by atoms with van der Waals surface area (Å²) in [5.41, 5.74) is 6.18. The molecule has 1 aliphatic carbocycles. The molecule has 0 radical (unpaired) electrons. The molecule has 0 aromatic carbocycles. The number of rotatable bonds is 3. The fraction of sp³-hybridized carbons (Fsp3) is 0.667. The maximum atomic E-state index is 9.36. The molecule has 1 aromatic heterocycles. The van der Waals surface area contributed by atoms with Gasteiger partial charge in [-0.2, -0.15) is 0 Å². The van der Waals surface area contributed by atoms with Crippen molar-refractivity contribution in [2.45, 2.75) is 38.3 Å². The number of hydrogen-bond acceptors (Lipinski definition) is 4. The molecule has 13 heavy (non-hydrogen) atoms. The lowest BCUT2D eigenvalue weighted by Gasteiger charge is -1.99. The summed E-state index contributed by atoms with van der Waals surface area (Å²) in [7, 11) is 0. The molecule has 1 heterocycles. The summed E-state index contributed by atoms with van der Waals surface area (Å²) in [5.74, 6) is 1.75. The first-order chi connectivity index (χ1) is 6.22. The molecule has 4 nitrogen and oxygen atoms in total. The number of nitrogens with zero attached hydrogens (tertiary/aromatic N) is 1. The first-order valence-electron chi connectivity index (χ1n) is 4.60. The SMILES string of the molecule is CC(O)c1oc(C2CC2)nc1CN. The Morgan fingerprint density at radius 1 is 1.69 bits per heavy atom. The fourth-order valence-electron chi connectivity index (χ4n) is 1.36. The van der Waals surface area contributed by atoms with Gasteiger partial charge in [-0.15, -0.1) is 0 Å². The Hall–Kier alpha value is -0.870. The monoisotopic (exact) mass is 182 g/mol. The van der Waals surface area contributed by atoms with Crippen molar-refractivity contribution in [3.8, 4) is 0 Å². The zero-order chi connectivity index (χ0) is 9.42. The van der Waals surface area contributed by atoms with Gasteiger partial charge >= 0.3 is 0 Å². The van der Waals surface area contributed by atoms with Crippen LogP contribution in [0, 0.1) is 0 Å². The third kappa shape index (κ3) is 1.59. The van der Waals surface area contributed by atoms with E-state index in [1.165, 1.54) is 0 Å². The molecule has 1 unspecified atom stereocenters. The van der Waals surface area contributed by atoms with Gasteiger partial charge in [0, 0.05) is 12.5 Å². The predicted molar refractivity (Wildman–Crippen MR) is 47.0 cm³/mol. The van der Waals surface area contributed by atoms with Crippen LogP contribution in [-0.2, 0) is 6.54 Å². The summed E-state index contributed by atoms with van der Waals surface area (Å²) in [6.45, 7) is 1.99. The zero-order valence-corrected chi connectivity index (χ0v) is 7.66. The number of hydrogen-bond donors (Lipinski definition) is 2. The highest BCUT2D eigenvalue weighted by atomic mass is 16.4. The summed E-state index contributed by atoms with van der Waals surface area (Å²) in [6, 6.07) is 0. The van der Waals surface area contributed by atoms with Crippen molar-refractivity contribution in [2.75, 3.05) is 0 Å². The van der Waals surface area contributed by atoms with E-state index in [1.54, 1.807) is 6.92 Å². The van der Waals surface area contributed by atoms with E-state index >= 15 is 0 Å². The smallest absolute Gasteiger partial charge is 0.197 e. The van der Waals surface area contributed by atoms with E-state index in [9.17, 15) is 5.11 Å². The number of aliphatic hydroxyl groups excluding tert-OH is 1. The minimum Gasteiger partial charge on any atom is -0.442 e. The van der Waals surface area contributed by atoms with Crippen LogP contribution in [0.3, 0.4) is 0 Å². The molecular weight excluding hydrogens is 168 g/mol. The summed E-state index contributed by atoms with van der Waals surface area (Å²) >= 11 is 0. The van der Waals surface area contributed by atoms with Crippen LogP contribution in [0.25, 0.3) is 0 Å². The highest BCUT2D eigenvalue weighted by Crippen LogP contribution is 2.40. The maximum absolute atomic E-state index is 9.36. The van der Waals surface area contributed by atoms with Gasteiger partial charge in [0.25, 0.3) is 0 Å². The van der Waals surface area contributed by atoms with Gasteiger partial charge in [-0.25, -0.2) is 4.98 Å². The second kappa shape index (κ2) is 3.12. The van der Waals surface area contributed by atoms with Crippen molar-refractivity contribution in [2.24, 2.45) is 5.73 Å². The zero-order valence-electron chi connectivity index (χ0n) is 7.66. The minimum atomic E-state index is -0.612. The van der Waals surface area contributed by atoms with Crippen molar-refractivity contribution in [3.63, 3.8) is 0 Å². The largest absolute Gasteiger partial charge is 0.442 e. The van der Waals surface area contributed by atoms with Gasteiger partial charge in [0.05, 0.1) is 5.69 Å². The number of nitrogens with two attached hydrogens (primary N) is 1. The Labute approximate surface area is 76.8 Å². The van der Waals surface area contributed by atoms with Crippen LogP contribution >= 0.6 is 0 Å². The molecule has 3 N–H and O–H groups in total. The molecule has 0 bridgehead atoms. The van der Waals surface area contributed by atoms with Crippen LogP contribution in [0.15, 0.2) is 4.42 Å². The third-order valence-corrected chi connectivity index (χ3v) is 2.24. The van der Waals surface area contributed by atoms with Crippen molar-refractivity contribution >= 4 is 0 Å². The van der Waals surface area contributed by atoms with E-state index < -0.39 is 6.10 Å². The topological polar surface area (TPSA) is 72.3 Å². The molecule has 0 spiro atoms. The lowest BCUT2D eigenvalue weighted by atomic mass is 10.2. The van der Waals surface area contributed by atoms with Gasteiger partial charge < -0.3 is 15.3 Å². The summed E-state index contributed by atoms with van der Waals surface area (Å²) in [6.07, 6.45) is 1.67. The first kappa shape index (κ1) is 8.72. The Balaban J connectivity index is 2.30. The molecule has 0 aliphatic heterocycles. The molecule has 0 saturated heterocycles. The van der Waals surface area contributed by atoms with Crippen LogP contribution in [0.2, 0.25) is 0 Å². The average molecular weight is 182 g/mol. The standard InChI is InChI=1S/C9H14N2O2/c1-5(12)8-7(4-10)11-9(13-8)6-2-3-6/h5-6,12H,2-4,10H2,1H3. The van der Waals surface area contributed by atoms with Crippen molar-refractivity contribution in [3.05, 3.63) is 17.3 Å². The van der Waals surface area contributed by atoms with Crippen LogP contribution in [-0.4, -0.2) is 10.1 Å². The van der Waals surface area contributed by atoms with E-state index in [0.717, 1.165) is 18.7 Å². The molecule has 72 valence electrons. The van der Waals surface area contributed by atoms with E-state index in [1.807, 2.05) is 0 Å². The van der Waals surface area contributed by atoms with E-state index in [0.29, 0.717) is 23.9 Å². The lowest BCUT2D eigenvalue weighted by Crippen LogP contribution is -2.02. The molecule has 1 saturated carbocycles. The number of aliphatic hydroxyl groups is 1. The Morgan fingerprint density at radius 3 is 2.77 bits per heavy atom. The minimum absolute atomic E-state index is 0.330. The van der Waals surface area contributed by atoms with Gasteiger partial charge in [-0.3, -0.25) is 0 Å². The molecule has 2 rings (SSSR count). The second-order valence-corrected chi connectivity index (χ2v) is 3.52. The average Bonchev–Trinajstić information content (AvgIpc) is 2.84. The summed E-state index contributed by atoms with van der Waals surface area (Å²) < 4.78 is 5.45. The van der Waals surface area contributed by atoms with Gasteiger partial charge in [-0.1, -0.05) is 0 Å². The van der Waals surface area contributed by atoms with Gasteiger partial charge in [0.2, 0.25) is 0 Å². The maximum Gasteiger partial charge on any atom is 0.197 e. The highest BCUT2D eigenvalue weighted by Gasteiger charge is 2.30. The van der Waals surface area contributed by atoms with E-state index in [4.69, 9.17) is 10.2 Å². The fourth-order valence-corrected chi connectivity index (χ4v) is 1.36. The van der Waals surface area contributed by atoms with E-state index in [-0.39, 0.29) is 0 Å². The molecular formula is C9H14N2O2. The van der Waals surface area contributed by atoms with Crippen molar-refractivity contribution < 1.29 is 9.52 Å². The predicted octanol–water partition coefficient (Wildman–Crippen LogP) is 1.06. The number of aromatic nitrogens is 1. The van der Waals surface area contributed by atoms with Crippen molar-refractivity contribution in [1.29, 1.82) is 0 Å². The van der Waals surface area contributed by atoms with Gasteiger partial charge in [0.1, 0.15) is 6.10 Å². The lowest BCUT2D eigenvalue weighted by molar-refractivity contribution is 0.165. The summed E-state index contributed by atoms with van der Waals surface area (Å²) in [5, 5.41) is 9.36. The van der Waals surface area contributed by atoms with Crippen LogP contribution in [0.5, 0.6) is 0 Å². The Kier molecular flexibility index (Phi) is 2.09. The normalized spacial score (nSPS) is 19.0. The van der Waals surface area contributed by atoms with Gasteiger partial charge in [-0.05, 0) is 19.8 Å². The molecule has 0 amide bonds.